The van der Waals surface area contributed by atoms with E-state index in [9.17, 15) is 32.5 Å². The molecule has 1 aromatic heterocycles. The molecule has 2 aromatic rings. The van der Waals surface area contributed by atoms with Crippen LogP contribution in [0.4, 0.5) is 28.9 Å². The van der Waals surface area contributed by atoms with Crippen LogP contribution in [0.15, 0.2) is 18.2 Å². The van der Waals surface area contributed by atoms with Gasteiger partial charge in [-0.25, -0.2) is 17.6 Å². The second-order valence-electron chi connectivity index (χ2n) is 6.54. The van der Waals surface area contributed by atoms with E-state index in [1.165, 1.54) is 0 Å². The first-order chi connectivity index (χ1) is 14.2. The average Bonchev–Trinajstić information content (AvgIpc) is 3.43. The van der Waals surface area contributed by atoms with E-state index >= 15 is 0 Å². The number of rotatable bonds is 9. The fraction of sp³-hybridized carbons (Fsp3) is 0.412. The van der Waals surface area contributed by atoms with Crippen molar-refractivity contribution >= 4 is 28.9 Å². The highest BCUT2D eigenvalue weighted by molar-refractivity contribution is 6.32. The minimum atomic E-state index is -2.91. The van der Waals surface area contributed by atoms with Crippen molar-refractivity contribution in [2.24, 2.45) is 0 Å². The van der Waals surface area contributed by atoms with E-state index in [1.807, 2.05) is 0 Å². The van der Waals surface area contributed by atoms with Gasteiger partial charge < -0.3 is 10.1 Å². The molecule has 1 saturated carbocycles. The third-order valence-corrected chi connectivity index (χ3v) is 4.57. The Morgan fingerprint density at radius 2 is 2.03 bits per heavy atom. The fourth-order valence-electron chi connectivity index (χ4n) is 2.82. The van der Waals surface area contributed by atoms with Crippen LogP contribution < -0.4 is 10.1 Å². The van der Waals surface area contributed by atoms with Gasteiger partial charge in [0.25, 0.3) is 18.5 Å². The number of alkyl halides is 4. The lowest BCUT2D eigenvalue weighted by molar-refractivity contribution is -0.384. The van der Waals surface area contributed by atoms with E-state index in [-0.39, 0.29) is 22.4 Å². The van der Waals surface area contributed by atoms with Crippen molar-refractivity contribution in [2.75, 3.05) is 11.9 Å². The summed E-state index contributed by atoms with van der Waals surface area (Å²) in [4.78, 5) is 22.7. The molecule has 0 radical (unpaired) electrons. The van der Waals surface area contributed by atoms with Gasteiger partial charge in [-0.2, -0.15) is 5.10 Å². The minimum absolute atomic E-state index is 0.0718. The molecule has 162 valence electrons. The van der Waals surface area contributed by atoms with E-state index in [0.29, 0.717) is 5.69 Å². The number of amides is 1. The van der Waals surface area contributed by atoms with Crippen LogP contribution in [-0.4, -0.2) is 33.6 Å². The standard InChI is InChI=1S/C17H15ClF4N4O4/c18-14-15(17(21)22)24-25(16(14)8-1-2-8)6-13(27)23-9-3-10(26(28)29)5-11(4-9)30-7-12(19)20/h3-5,8,12,17H,1-2,6-7H2,(H,23,27). The largest absolute Gasteiger partial charge is 0.487 e. The average molecular weight is 451 g/mol. The Morgan fingerprint density at radius 3 is 2.60 bits per heavy atom. The molecule has 1 aromatic carbocycles. The van der Waals surface area contributed by atoms with Crippen molar-refractivity contribution in [3.63, 3.8) is 0 Å². The smallest absolute Gasteiger partial charge is 0.283 e. The number of halogens is 5. The molecule has 1 fully saturated rings. The highest BCUT2D eigenvalue weighted by Crippen LogP contribution is 2.45. The van der Waals surface area contributed by atoms with E-state index < -0.39 is 48.2 Å². The number of nitro benzene ring substituents is 1. The van der Waals surface area contributed by atoms with Crippen molar-refractivity contribution in [3.05, 3.63) is 44.7 Å². The Morgan fingerprint density at radius 1 is 1.33 bits per heavy atom. The molecule has 1 aliphatic carbocycles. The second kappa shape index (κ2) is 8.86. The molecule has 1 amide bonds. The summed E-state index contributed by atoms with van der Waals surface area (Å²) in [5.41, 5.74) is -0.858. The highest BCUT2D eigenvalue weighted by atomic mass is 35.5. The molecule has 0 aliphatic heterocycles. The van der Waals surface area contributed by atoms with E-state index in [4.69, 9.17) is 16.3 Å². The summed E-state index contributed by atoms with van der Waals surface area (Å²) in [6.45, 7) is -1.45. The predicted octanol–water partition coefficient (Wildman–Crippen LogP) is 4.54. The molecule has 0 atom stereocenters. The third kappa shape index (κ3) is 5.17. The van der Waals surface area contributed by atoms with Crippen LogP contribution in [0.2, 0.25) is 5.02 Å². The summed E-state index contributed by atoms with van der Waals surface area (Å²) in [7, 11) is 0. The predicted molar refractivity (Wildman–Crippen MR) is 97.4 cm³/mol. The van der Waals surface area contributed by atoms with Crippen LogP contribution in [0.1, 0.15) is 36.6 Å². The lowest BCUT2D eigenvalue weighted by atomic mass is 10.2. The first-order valence-corrected chi connectivity index (χ1v) is 9.08. The maximum Gasteiger partial charge on any atom is 0.283 e. The summed E-state index contributed by atoms with van der Waals surface area (Å²) in [5.74, 6) is -1.03. The lowest BCUT2D eigenvalue weighted by Crippen LogP contribution is -2.21. The van der Waals surface area contributed by atoms with Gasteiger partial charge in [0, 0.05) is 18.1 Å². The summed E-state index contributed by atoms with van der Waals surface area (Å²) in [6, 6.07) is 3.08. The van der Waals surface area contributed by atoms with E-state index in [1.54, 1.807) is 0 Å². The van der Waals surface area contributed by atoms with E-state index in [2.05, 4.69) is 10.4 Å². The zero-order valence-electron chi connectivity index (χ0n) is 15.2. The number of aromatic nitrogens is 2. The number of hydrogen-bond acceptors (Lipinski definition) is 5. The quantitative estimate of drug-likeness (QED) is 0.343. The van der Waals surface area contributed by atoms with Crippen molar-refractivity contribution < 1.29 is 32.0 Å². The van der Waals surface area contributed by atoms with Gasteiger partial charge in [0.2, 0.25) is 5.91 Å². The number of anilines is 1. The van der Waals surface area contributed by atoms with Gasteiger partial charge in [-0.15, -0.1) is 0 Å². The summed E-state index contributed by atoms with van der Waals surface area (Å²) >= 11 is 5.99. The summed E-state index contributed by atoms with van der Waals surface area (Å²) in [6.07, 6.45) is -4.25. The van der Waals surface area contributed by atoms with Crippen molar-refractivity contribution in [1.82, 2.24) is 9.78 Å². The number of carbonyl (C=O) groups is 1. The molecule has 3 rings (SSSR count). The molecule has 0 saturated heterocycles. The number of ether oxygens (including phenoxy) is 1. The first kappa shape index (κ1) is 21.8. The van der Waals surface area contributed by atoms with Gasteiger partial charge in [-0.3, -0.25) is 19.6 Å². The monoisotopic (exact) mass is 450 g/mol. The number of nitro groups is 1. The Labute approximate surface area is 171 Å². The number of hydrogen-bond donors (Lipinski definition) is 1. The molecule has 8 nitrogen and oxygen atoms in total. The molecule has 1 N–H and O–H groups in total. The SMILES string of the molecule is O=C(Cn1nc(C(F)F)c(Cl)c1C1CC1)Nc1cc(OCC(F)F)cc([N+](=O)[O-])c1. The zero-order valence-corrected chi connectivity index (χ0v) is 15.9. The van der Waals surface area contributed by atoms with Crippen molar-refractivity contribution in [2.45, 2.75) is 38.2 Å². The number of nitrogens with one attached hydrogen (secondary N) is 1. The molecular weight excluding hydrogens is 436 g/mol. The summed E-state index contributed by atoms with van der Waals surface area (Å²) in [5, 5.41) is 16.9. The van der Waals surface area contributed by atoms with Gasteiger partial charge in [-0.05, 0) is 12.8 Å². The first-order valence-electron chi connectivity index (χ1n) is 8.70. The molecular formula is C17H15ClF4N4O4. The molecule has 13 heteroatoms. The van der Waals surface area contributed by atoms with Crippen LogP contribution in [0, 0.1) is 10.1 Å². The van der Waals surface area contributed by atoms with Gasteiger partial charge in [0.05, 0.1) is 27.4 Å². The van der Waals surface area contributed by atoms with E-state index in [0.717, 1.165) is 35.7 Å². The number of nitrogens with zero attached hydrogens (tertiary/aromatic N) is 3. The van der Waals surface area contributed by atoms with Crippen LogP contribution in [-0.2, 0) is 11.3 Å². The molecule has 1 heterocycles. The third-order valence-electron chi connectivity index (χ3n) is 4.18. The van der Waals surface area contributed by atoms with Gasteiger partial charge in [-0.1, -0.05) is 11.6 Å². The minimum Gasteiger partial charge on any atom is -0.487 e. The Bertz CT molecular complexity index is 965. The Hall–Kier alpha value is -2.89. The fourth-order valence-corrected chi connectivity index (χ4v) is 3.19. The second-order valence-corrected chi connectivity index (χ2v) is 6.92. The molecule has 30 heavy (non-hydrogen) atoms. The molecule has 0 bridgehead atoms. The maximum atomic E-state index is 13.1. The molecule has 0 unspecified atom stereocenters. The van der Waals surface area contributed by atoms with Crippen LogP contribution in [0.25, 0.3) is 0 Å². The van der Waals surface area contributed by atoms with Crippen molar-refractivity contribution in [3.8, 4) is 5.75 Å². The Balaban J connectivity index is 1.79. The Kier molecular flexibility index (Phi) is 6.44. The normalized spacial score (nSPS) is 13.7. The topological polar surface area (TPSA) is 99.3 Å². The van der Waals surface area contributed by atoms with Gasteiger partial charge >= 0.3 is 0 Å². The van der Waals surface area contributed by atoms with Gasteiger partial charge in [0.15, 0.2) is 0 Å². The number of benzene rings is 1. The van der Waals surface area contributed by atoms with Crippen LogP contribution in [0.5, 0.6) is 5.75 Å². The van der Waals surface area contributed by atoms with Gasteiger partial charge in [0.1, 0.15) is 24.6 Å². The highest BCUT2D eigenvalue weighted by Gasteiger charge is 2.34. The van der Waals surface area contributed by atoms with Crippen molar-refractivity contribution in [1.29, 1.82) is 0 Å². The summed E-state index contributed by atoms with van der Waals surface area (Å²) < 4.78 is 56.7. The van der Waals surface area contributed by atoms with Crippen LogP contribution in [0.3, 0.4) is 0 Å². The maximum absolute atomic E-state index is 13.1. The number of non-ortho nitro benzene ring substituents is 1. The number of carbonyl (C=O) groups excluding carboxylic acids is 1. The molecule has 1 aliphatic rings. The van der Waals surface area contributed by atoms with Crippen LogP contribution >= 0.6 is 11.6 Å². The zero-order chi connectivity index (χ0) is 22.0. The molecule has 0 spiro atoms. The lowest BCUT2D eigenvalue weighted by Gasteiger charge is -2.10.